The first-order chi connectivity index (χ1) is 33.1. The maximum atomic E-state index is 13.9. The minimum absolute atomic E-state index is 0.0214. The monoisotopic (exact) mass is 999 g/mol. The molecular weight excluding hydrogens is 936 g/mol. The highest BCUT2D eigenvalue weighted by Crippen LogP contribution is 2.61. The fourth-order valence-corrected chi connectivity index (χ4v) is 12.0. The minimum atomic E-state index is -4.80. The molecule has 7 aliphatic heterocycles. The van der Waals surface area contributed by atoms with Gasteiger partial charge in [0.1, 0.15) is 17.9 Å². The predicted octanol–water partition coefficient (Wildman–Crippen LogP) is 5.83. The van der Waals surface area contributed by atoms with Crippen molar-refractivity contribution in [3.05, 3.63) is 29.3 Å². The Balaban J connectivity index is 0.699. The van der Waals surface area contributed by atoms with Crippen LogP contribution in [0.5, 0.6) is 5.75 Å². The van der Waals surface area contributed by atoms with Gasteiger partial charge in [0, 0.05) is 54.2 Å². The van der Waals surface area contributed by atoms with Crippen LogP contribution in [-0.4, -0.2) is 137 Å². The number of halogens is 3. The summed E-state index contributed by atoms with van der Waals surface area (Å²) in [5.74, 6) is -1.43. The lowest BCUT2D eigenvalue weighted by molar-refractivity contribution is -0.576. The van der Waals surface area contributed by atoms with Gasteiger partial charge in [0.15, 0.2) is 11.9 Å². The Morgan fingerprint density at radius 1 is 0.899 bits per heavy atom. The van der Waals surface area contributed by atoms with E-state index in [1.54, 1.807) is 0 Å². The summed E-state index contributed by atoms with van der Waals surface area (Å²) in [7, 11) is 0. The molecular formula is C46H64F3N5O14S. The van der Waals surface area contributed by atoms with E-state index < -0.39 is 47.7 Å². The number of alkyl halides is 3. The van der Waals surface area contributed by atoms with Crippen LogP contribution in [0.4, 0.5) is 18.0 Å². The van der Waals surface area contributed by atoms with Gasteiger partial charge in [-0.05, 0) is 69.4 Å². The number of unbranched alkanes of at least 4 members (excludes halogenated alkanes) is 1. The molecule has 2 bridgehead atoms. The lowest BCUT2D eigenvalue weighted by Crippen LogP contribution is -2.70. The molecule has 1 aliphatic carbocycles. The number of carbonyl (C=O) groups excluding carboxylic acids is 4. The first-order valence-electron chi connectivity index (χ1n) is 24.2. The Labute approximate surface area is 402 Å². The van der Waals surface area contributed by atoms with Crippen molar-refractivity contribution in [1.29, 1.82) is 0 Å². The summed E-state index contributed by atoms with van der Waals surface area (Å²) >= 11 is 1.86. The summed E-state index contributed by atoms with van der Waals surface area (Å²) in [6, 6.07) is 3.58. The van der Waals surface area contributed by atoms with E-state index in [1.165, 1.54) is 0 Å². The van der Waals surface area contributed by atoms with Gasteiger partial charge >= 0.3 is 29.8 Å². The number of nitrogens with one attached hydrogen (secondary N) is 3. The first kappa shape index (κ1) is 51.5. The quantitative estimate of drug-likeness (QED) is 0.0454. The number of carbonyl (C=O) groups is 4. The number of thioether (sulfide) groups is 1. The van der Waals surface area contributed by atoms with Gasteiger partial charge in [-0.15, -0.1) is 10.2 Å². The number of rotatable bonds is 25. The molecule has 7 heterocycles. The van der Waals surface area contributed by atoms with E-state index >= 15 is 0 Å². The van der Waals surface area contributed by atoms with E-state index in [4.69, 9.17) is 47.7 Å². The Morgan fingerprint density at radius 2 is 1.65 bits per heavy atom. The van der Waals surface area contributed by atoms with Gasteiger partial charge in [0.05, 0.1) is 58.3 Å². The van der Waals surface area contributed by atoms with Crippen LogP contribution in [-0.2, 0) is 58.2 Å². The number of hydrogen-bond acceptors (Lipinski definition) is 17. The smallest absolute Gasteiger partial charge is 0.442 e. The fourth-order valence-electron chi connectivity index (χ4n) is 10.5. The zero-order valence-corrected chi connectivity index (χ0v) is 40.0. The summed E-state index contributed by atoms with van der Waals surface area (Å²) < 4.78 is 87.9. The van der Waals surface area contributed by atoms with Crippen LogP contribution in [0, 0.1) is 23.7 Å². The summed E-state index contributed by atoms with van der Waals surface area (Å²) in [5.41, 5.74) is -4.01. The Morgan fingerprint density at radius 3 is 2.41 bits per heavy atom. The summed E-state index contributed by atoms with van der Waals surface area (Å²) in [5, 5.41) is 15.7. The Kier molecular flexibility index (Phi) is 16.6. The van der Waals surface area contributed by atoms with Gasteiger partial charge in [-0.2, -0.15) is 24.9 Å². The number of urea groups is 1. The summed E-state index contributed by atoms with van der Waals surface area (Å²) in [6.45, 7) is 7.42. The molecule has 11 atom stereocenters. The first-order valence-corrected chi connectivity index (χ1v) is 25.2. The van der Waals surface area contributed by atoms with Gasteiger partial charge in [0.2, 0.25) is 18.0 Å². The number of amides is 3. The standard InChI is InChI=1S/C46H64F3N5O14S/c1-27-10-13-32-28(2)40(65-41-44(32)31(27)14-15-43(3,66-41)67-68-44)64-37(56)9-6-17-63-39(57)30-12-11-29(45(53-54-45)46(47,48)49)25-34(30)62-24-23-61-22-21-60-20-19-59-18-16-50-36(55)8-5-4-7-35-38-33(26-69-35)51-42(58)52-38/h11-12,25,27-28,31-33,35,38,40-41H,4-10,13-24,26H2,1-3H3,(H,50,55)(H2,51,52,58)/t27-,28-,31+,32+,33-,35+,38+,40+,41-,43-,44-/m1/s1. The molecule has 7 fully saturated rings. The van der Waals surface area contributed by atoms with Gasteiger partial charge in [-0.1, -0.05) is 26.3 Å². The van der Waals surface area contributed by atoms with Crippen LogP contribution in [0.25, 0.3) is 0 Å². The van der Waals surface area contributed by atoms with Crippen LogP contribution in [0.3, 0.4) is 0 Å². The largest absolute Gasteiger partial charge is 0.490 e. The SMILES string of the molecule is C[C@H]1[C@@H](OC(=O)CCCOC(=O)c2ccc(C3(C(F)(F)F)N=N3)cc2OCCOCCOCCOCCNC(=O)CCCC[C@@H]2SC[C@H]3NC(=O)N[C@H]23)O[C@@H]2O[C@@]3(C)CC[C@H]4[C@H](C)CC[C@@H]1[C@@]24OO3. The predicted molar refractivity (Wildman–Crippen MR) is 236 cm³/mol. The van der Waals surface area contributed by atoms with Crippen LogP contribution in [0.2, 0.25) is 0 Å². The molecule has 19 nitrogen and oxygen atoms in total. The van der Waals surface area contributed by atoms with Crippen molar-refractivity contribution in [3.8, 4) is 5.75 Å². The van der Waals surface area contributed by atoms with Crippen LogP contribution >= 0.6 is 11.8 Å². The maximum absolute atomic E-state index is 13.9. The van der Waals surface area contributed by atoms with Crippen molar-refractivity contribution in [3.63, 3.8) is 0 Å². The number of esters is 2. The van der Waals surface area contributed by atoms with E-state index in [2.05, 4.69) is 33.1 Å². The molecule has 3 N–H and O–H groups in total. The third-order valence-corrected chi connectivity index (χ3v) is 15.8. The van der Waals surface area contributed by atoms with Gasteiger partial charge in [-0.25, -0.2) is 19.4 Å². The molecule has 0 radical (unpaired) electrons. The molecule has 1 aromatic rings. The molecule has 0 aromatic heterocycles. The summed E-state index contributed by atoms with van der Waals surface area (Å²) in [4.78, 5) is 62.1. The molecule has 9 rings (SSSR count). The minimum Gasteiger partial charge on any atom is -0.490 e. The highest BCUT2D eigenvalue weighted by Gasteiger charge is 2.70. The molecule has 69 heavy (non-hydrogen) atoms. The van der Waals surface area contributed by atoms with Crippen molar-refractivity contribution in [2.45, 2.75) is 138 Å². The fraction of sp³-hybridized carbons (Fsp3) is 0.783. The number of hydrogen-bond donors (Lipinski definition) is 3. The molecule has 1 aromatic carbocycles. The summed E-state index contributed by atoms with van der Waals surface area (Å²) in [6.07, 6.45) is -0.0733. The average Bonchev–Trinajstić information content (AvgIpc) is 4.01. The lowest BCUT2D eigenvalue weighted by Gasteiger charge is -2.59. The molecule has 0 unspecified atom stereocenters. The average molecular weight is 1000 g/mol. The maximum Gasteiger partial charge on any atom is 0.442 e. The van der Waals surface area contributed by atoms with Crippen LogP contribution in [0.15, 0.2) is 28.4 Å². The van der Waals surface area contributed by atoms with Crippen molar-refractivity contribution < 1.29 is 80.0 Å². The van der Waals surface area contributed by atoms with Crippen molar-refractivity contribution >= 4 is 35.6 Å². The van der Waals surface area contributed by atoms with E-state index in [0.717, 1.165) is 62.5 Å². The normalized spacial score (nSPS) is 32.6. The molecule has 8 aliphatic rings. The molecule has 1 saturated carbocycles. The molecule has 384 valence electrons. The number of nitrogens with zero attached hydrogens (tertiary/aromatic N) is 2. The van der Waals surface area contributed by atoms with Crippen molar-refractivity contribution in [1.82, 2.24) is 16.0 Å². The lowest BCUT2D eigenvalue weighted by atomic mass is 9.58. The molecule has 6 saturated heterocycles. The second-order valence-electron chi connectivity index (χ2n) is 19.0. The van der Waals surface area contributed by atoms with Crippen molar-refractivity contribution in [2.24, 2.45) is 33.9 Å². The van der Waals surface area contributed by atoms with E-state index in [9.17, 15) is 32.3 Å². The Hall–Kier alpha value is -3.84. The van der Waals surface area contributed by atoms with E-state index in [-0.39, 0.29) is 111 Å². The number of ether oxygens (including phenoxy) is 8. The van der Waals surface area contributed by atoms with Crippen molar-refractivity contribution in [2.75, 3.05) is 65.2 Å². The second-order valence-corrected chi connectivity index (χ2v) is 20.3. The highest BCUT2D eigenvalue weighted by atomic mass is 32.2. The topological polar surface area (TPSA) is 221 Å². The number of benzene rings is 1. The van der Waals surface area contributed by atoms with E-state index in [1.807, 2.05) is 25.6 Å². The Bertz CT molecular complexity index is 2020. The second kappa shape index (κ2) is 22.3. The van der Waals surface area contributed by atoms with Gasteiger partial charge in [-0.3, -0.25) is 9.59 Å². The molecule has 1 spiro atoms. The van der Waals surface area contributed by atoms with Crippen LogP contribution in [0.1, 0.15) is 101 Å². The van der Waals surface area contributed by atoms with Gasteiger partial charge < -0.3 is 53.8 Å². The number of fused-ring (bicyclic) bond motifs is 3. The molecule has 3 amide bonds. The highest BCUT2D eigenvalue weighted by molar-refractivity contribution is 8.00. The molecule has 23 heteroatoms. The van der Waals surface area contributed by atoms with Gasteiger partial charge in [0.25, 0.3) is 0 Å². The third kappa shape index (κ3) is 11.8. The zero-order valence-electron chi connectivity index (χ0n) is 39.2. The third-order valence-electron chi connectivity index (χ3n) is 14.3. The van der Waals surface area contributed by atoms with E-state index in [0.29, 0.717) is 43.8 Å². The van der Waals surface area contributed by atoms with Crippen LogP contribution < -0.4 is 20.7 Å². The zero-order chi connectivity index (χ0) is 48.8.